The van der Waals surface area contributed by atoms with Crippen molar-refractivity contribution in [3.05, 3.63) is 24.2 Å². The number of carbonyl (C=O) groups excluding carboxylic acids is 2. The van der Waals surface area contributed by atoms with E-state index in [2.05, 4.69) is 5.32 Å². The van der Waals surface area contributed by atoms with E-state index in [1.54, 1.807) is 17.0 Å². The third-order valence-corrected chi connectivity index (χ3v) is 3.55. The summed E-state index contributed by atoms with van der Waals surface area (Å²) in [4.78, 5) is 25.6. The quantitative estimate of drug-likeness (QED) is 0.834. The zero-order chi connectivity index (χ0) is 14.4. The molecule has 6 heteroatoms. The molecular weight excluding hydrogens is 260 g/mol. The van der Waals surface area contributed by atoms with Crippen molar-refractivity contribution in [2.45, 2.75) is 31.7 Å². The Labute approximate surface area is 117 Å². The normalized spacial score (nSPS) is 18.9. The molecule has 1 aliphatic heterocycles. The molecule has 2 rings (SSSR count). The van der Waals surface area contributed by atoms with Crippen molar-refractivity contribution in [3.63, 3.8) is 0 Å². The van der Waals surface area contributed by atoms with E-state index >= 15 is 0 Å². The van der Waals surface area contributed by atoms with Gasteiger partial charge in [-0.3, -0.25) is 9.59 Å². The van der Waals surface area contributed by atoms with Gasteiger partial charge in [0, 0.05) is 19.2 Å². The number of furan rings is 1. The number of aliphatic hydroxyl groups is 1. The third kappa shape index (κ3) is 3.60. The summed E-state index contributed by atoms with van der Waals surface area (Å²) >= 11 is 0. The van der Waals surface area contributed by atoms with Crippen molar-refractivity contribution >= 4 is 11.8 Å². The predicted molar refractivity (Wildman–Crippen MR) is 72.1 cm³/mol. The summed E-state index contributed by atoms with van der Waals surface area (Å²) in [7, 11) is 0. The molecule has 110 valence electrons. The fourth-order valence-electron chi connectivity index (χ4n) is 2.53. The molecule has 0 spiro atoms. The van der Waals surface area contributed by atoms with Crippen LogP contribution < -0.4 is 5.32 Å². The lowest BCUT2D eigenvalue weighted by Crippen LogP contribution is -2.48. The lowest BCUT2D eigenvalue weighted by molar-refractivity contribution is -0.134. The Bertz CT molecular complexity index is 442. The van der Waals surface area contributed by atoms with Crippen molar-refractivity contribution in [1.29, 1.82) is 0 Å². The summed E-state index contributed by atoms with van der Waals surface area (Å²) < 4.78 is 4.96. The van der Waals surface area contributed by atoms with Gasteiger partial charge in [-0.1, -0.05) is 0 Å². The minimum Gasteiger partial charge on any atom is -0.459 e. The number of nitrogens with zero attached hydrogens (tertiary/aromatic N) is 1. The monoisotopic (exact) mass is 280 g/mol. The Kier molecular flexibility index (Phi) is 5.17. The van der Waals surface area contributed by atoms with Gasteiger partial charge in [0.2, 0.25) is 5.91 Å². The number of carbonyl (C=O) groups is 2. The molecule has 0 aromatic carbocycles. The van der Waals surface area contributed by atoms with Gasteiger partial charge in [-0.15, -0.1) is 0 Å². The molecule has 0 radical (unpaired) electrons. The molecule has 1 fully saturated rings. The first-order chi connectivity index (χ1) is 9.72. The van der Waals surface area contributed by atoms with Gasteiger partial charge in [0.05, 0.1) is 12.8 Å². The highest BCUT2D eigenvalue weighted by Crippen LogP contribution is 2.19. The molecule has 0 saturated carbocycles. The number of hydrogen-bond donors (Lipinski definition) is 2. The highest BCUT2D eigenvalue weighted by Gasteiger charge is 2.26. The maximum Gasteiger partial charge on any atom is 0.287 e. The molecular formula is C14H20N2O4. The minimum absolute atomic E-state index is 0.0402. The maximum absolute atomic E-state index is 12.2. The first-order valence-corrected chi connectivity index (χ1v) is 6.94. The number of piperidine rings is 1. The van der Waals surface area contributed by atoms with Crippen LogP contribution in [0.5, 0.6) is 0 Å². The van der Waals surface area contributed by atoms with Gasteiger partial charge in [-0.05, 0) is 37.8 Å². The Balaban J connectivity index is 1.85. The third-order valence-electron chi connectivity index (χ3n) is 3.55. The lowest BCUT2D eigenvalue weighted by atomic mass is 9.99. The van der Waals surface area contributed by atoms with Gasteiger partial charge in [0.15, 0.2) is 5.76 Å². The van der Waals surface area contributed by atoms with Crippen LogP contribution in [0.25, 0.3) is 0 Å². The van der Waals surface area contributed by atoms with E-state index in [9.17, 15) is 9.59 Å². The highest BCUT2D eigenvalue weighted by atomic mass is 16.3. The van der Waals surface area contributed by atoms with E-state index in [0.717, 1.165) is 19.3 Å². The molecule has 0 bridgehead atoms. The zero-order valence-electron chi connectivity index (χ0n) is 11.4. The van der Waals surface area contributed by atoms with Crippen molar-refractivity contribution in [3.8, 4) is 0 Å². The molecule has 20 heavy (non-hydrogen) atoms. The summed E-state index contributed by atoms with van der Waals surface area (Å²) in [5.41, 5.74) is 0. The number of likely N-dealkylation sites (tertiary alicyclic amines) is 1. The summed E-state index contributed by atoms with van der Waals surface area (Å²) in [5, 5.41) is 11.6. The second-order valence-corrected chi connectivity index (χ2v) is 4.91. The molecule has 2 N–H and O–H groups in total. The smallest absolute Gasteiger partial charge is 0.287 e. The number of rotatable bonds is 5. The van der Waals surface area contributed by atoms with E-state index in [1.165, 1.54) is 6.26 Å². The van der Waals surface area contributed by atoms with Gasteiger partial charge in [0.1, 0.15) is 0 Å². The van der Waals surface area contributed by atoms with Gasteiger partial charge < -0.3 is 19.7 Å². The van der Waals surface area contributed by atoms with Gasteiger partial charge in [0.25, 0.3) is 5.91 Å². The Morgan fingerprint density at radius 3 is 3.00 bits per heavy atom. The average Bonchev–Trinajstić information content (AvgIpc) is 2.99. The average molecular weight is 280 g/mol. The van der Waals surface area contributed by atoms with Crippen LogP contribution in [0.3, 0.4) is 0 Å². The van der Waals surface area contributed by atoms with Crippen molar-refractivity contribution in [1.82, 2.24) is 10.2 Å². The van der Waals surface area contributed by atoms with E-state index in [1.807, 2.05) is 0 Å². The summed E-state index contributed by atoms with van der Waals surface area (Å²) in [6.07, 6.45) is 4.97. The van der Waals surface area contributed by atoms with Crippen molar-refractivity contribution in [2.75, 3.05) is 19.7 Å². The van der Waals surface area contributed by atoms with E-state index < -0.39 is 0 Å². The largest absolute Gasteiger partial charge is 0.459 e. The number of hydrogen-bond acceptors (Lipinski definition) is 4. The topological polar surface area (TPSA) is 82.8 Å². The summed E-state index contributed by atoms with van der Waals surface area (Å²) in [6, 6.07) is 3.26. The summed E-state index contributed by atoms with van der Waals surface area (Å²) in [6.45, 7) is 0.731. The van der Waals surface area contributed by atoms with E-state index in [0.29, 0.717) is 13.0 Å². The summed E-state index contributed by atoms with van der Waals surface area (Å²) in [5.74, 6) is -0.300. The molecule has 0 aliphatic carbocycles. The number of aliphatic hydroxyl groups excluding tert-OH is 1. The standard InChI is InChI=1S/C14H20N2O4/c17-8-6-11-4-1-2-7-16(11)13(18)10-15-14(19)12-5-3-9-20-12/h3,5,9,11,17H,1-2,4,6-8,10H2,(H,15,19). The predicted octanol–water partition coefficient (Wildman–Crippen LogP) is 0.773. The van der Waals surface area contributed by atoms with Gasteiger partial charge in [-0.25, -0.2) is 0 Å². The first kappa shape index (κ1) is 14.6. The maximum atomic E-state index is 12.2. The molecule has 1 unspecified atom stereocenters. The highest BCUT2D eigenvalue weighted by molar-refractivity contribution is 5.94. The fraction of sp³-hybridized carbons (Fsp3) is 0.571. The molecule has 1 aromatic heterocycles. The fourth-order valence-corrected chi connectivity index (χ4v) is 2.53. The number of nitrogens with one attached hydrogen (secondary N) is 1. The van der Waals surface area contributed by atoms with Crippen LogP contribution in [0.4, 0.5) is 0 Å². The second-order valence-electron chi connectivity index (χ2n) is 4.91. The van der Waals surface area contributed by atoms with E-state index in [-0.39, 0.29) is 36.8 Å². The Morgan fingerprint density at radius 1 is 1.45 bits per heavy atom. The first-order valence-electron chi connectivity index (χ1n) is 6.94. The van der Waals surface area contributed by atoms with Gasteiger partial charge in [-0.2, -0.15) is 0 Å². The Hall–Kier alpha value is -1.82. The van der Waals surface area contributed by atoms with Crippen LogP contribution in [0.15, 0.2) is 22.8 Å². The SMILES string of the molecule is O=C(NCC(=O)N1CCCCC1CCO)c1ccco1. The van der Waals surface area contributed by atoms with Crippen LogP contribution >= 0.6 is 0 Å². The molecule has 2 amide bonds. The van der Waals surface area contributed by atoms with Crippen LogP contribution in [0.1, 0.15) is 36.2 Å². The van der Waals surface area contributed by atoms with Crippen molar-refractivity contribution < 1.29 is 19.1 Å². The van der Waals surface area contributed by atoms with Gasteiger partial charge >= 0.3 is 0 Å². The second kappa shape index (κ2) is 7.09. The molecule has 2 heterocycles. The molecule has 1 atom stereocenters. The van der Waals surface area contributed by atoms with E-state index in [4.69, 9.17) is 9.52 Å². The van der Waals surface area contributed by atoms with Crippen LogP contribution in [-0.4, -0.2) is 47.6 Å². The molecule has 6 nitrogen and oxygen atoms in total. The number of amides is 2. The van der Waals surface area contributed by atoms with Crippen LogP contribution in [-0.2, 0) is 4.79 Å². The van der Waals surface area contributed by atoms with Crippen LogP contribution in [0, 0.1) is 0 Å². The van der Waals surface area contributed by atoms with Crippen LogP contribution in [0.2, 0.25) is 0 Å². The molecule has 1 saturated heterocycles. The molecule has 1 aromatic rings. The Morgan fingerprint density at radius 2 is 2.30 bits per heavy atom. The zero-order valence-corrected chi connectivity index (χ0v) is 11.4. The minimum atomic E-state index is -0.390. The molecule has 1 aliphatic rings. The lowest BCUT2D eigenvalue weighted by Gasteiger charge is -2.35. The van der Waals surface area contributed by atoms with Crippen molar-refractivity contribution in [2.24, 2.45) is 0 Å².